The summed E-state index contributed by atoms with van der Waals surface area (Å²) in [7, 11) is 0. The molecule has 4 rings (SSSR count). The van der Waals surface area contributed by atoms with E-state index in [-0.39, 0.29) is 26.2 Å². The number of benzene rings is 2. The molecule has 0 aromatic heterocycles. The summed E-state index contributed by atoms with van der Waals surface area (Å²) in [5, 5.41) is 0. The molecule has 0 N–H and O–H groups in total. The normalized spacial score (nSPS) is 16.2. The van der Waals surface area contributed by atoms with E-state index in [2.05, 4.69) is 111 Å². The van der Waals surface area contributed by atoms with Crippen molar-refractivity contribution in [2.24, 2.45) is 0 Å². The Balaban J connectivity index is 0.000000200. The number of allylic oxidation sites excluding steroid dienone is 8. The van der Waals surface area contributed by atoms with Gasteiger partial charge in [0.25, 0.3) is 0 Å². The molecule has 0 aliphatic heterocycles. The summed E-state index contributed by atoms with van der Waals surface area (Å²) in [6.07, 6.45) is 19.7. The third kappa shape index (κ3) is 7.90. The summed E-state index contributed by atoms with van der Waals surface area (Å²) >= 11 is 0. The van der Waals surface area contributed by atoms with Gasteiger partial charge in [0.15, 0.2) is 0 Å². The van der Waals surface area contributed by atoms with Crippen LogP contribution < -0.4 is 0 Å². The van der Waals surface area contributed by atoms with Crippen molar-refractivity contribution in [2.75, 3.05) is 0 Å². The number of hydrogen-bond acceptors (Lipinski definition) is 0. The Morgan fingerprint density at radius 2 is 1.03 bits per heavy atom. The van der Waals surface area contributed by atoms with Crippen LogP contribution >= 0.6 is 0 Å². The predicted molar refractivity (Wildman–Crippen MR) is 120 cm³/mol. The minimum atomic E-state index is 0. The first-order chi connectivity index (χ1) is 13.7. The maximum Gasteiger partial charge on any atom is 2.00 e. The molecule has 0 fully saturated rings. The maximum atomic E-state index is 3.36. The molecule has 2 aliphatic rings. The molecular formula is C28H30Zr. The molecule has 0 bridgehead atoms. The van der Waals surface area contributed by atoms with Gasteiger partial charge in [0.2, 0.25) is 0 Å². The zero-order valence-electron chi connectivity index (χ0n) is 17.6. The monoisotopic (exact) mass is 456 g/mol. The van der Waals surface area contributed by atoms with E-state index in [4.69, 9.17) is 0 Å². The van der Waals surface area contributed by atoms with Gasteiger partial charge in [0, 0.05) is 0 Å². The average Bonchev–Trinajstić information content (AvgIpc) is 3.44. The van der Waals surface area contributed by atoms with E-state index in [9.17, 15) is 0 Å². The number of rotatable bonds is 6. The van der Waals surface area contributed by atoms with E-state index >= 15 is 0 Å². The summed E-state index contributed by atoms with van der Waals surface area (Å²) in [6, 6.07) is 21.3. The zero-order chi connectivity index (χ0) is 19.6. The number of hydrogen-bond donors (Lipinski definition) is 0. The molecule has 0 nitrogen and oxygen atoms in total. The van der Waals surface area contributed by atoms with Gasteiger partial charge in [-0.3, -0.25) is 12.2 Å². The van der Waals surface area contributed by atoms with E-state index in [1.165, 1.54) is 22.3 Å². The van der Waals surface area contributed by atoms with E-state index in [1.54, 1.807) is 0 Å². The van der Waals surface area contributed by atoms with E-state index < -0.39 is 0 Å². The van der Waals surface area contributed by atoms with Gasteiger partial charge in [0.1, 0.15) is 0 Å². The summed E-state index contributed by atoms with van der Waals surface area (Å²) in [5.41, 5.74) is 5.56. The second kappa shape index (κ2) is 12.8. The van der Waals surface area contributed by atoms with Crippen LogP contribution in [-0.4, -0.2) is 0 Å². The van der Waals surface area contributed by atoms with E-state index in [0.29, 0.717) is 11.8 Å². The SMILES string of the molecule is CC(CC1=[C-]CC=C1)c1ccccc1.CC(CC1=[C-]CC=C1)c1ccccc1.[Zr+2]. The van der Waals surface area contributed by atoms with Crippen LogP contribution in [-0.2, 0) is 26.2 Å². The second-order valence-electron chi connectivity index (χ2n) is 7.65. The third-order valence-corrected chi connectivity index (χ3v) is 5.32. The van der Waals surface area contributed by atoms with Gasteiger partial charge in [-0.15, -0.1) is 12.8 Å². The van der Waals surface area contributed by atoms with Crippen molar-refractivity contribution in [3.63, 3.8) is 0 Å². The molecule has 0 radical (unpaired) electrons. The minimum Gasteiger partial charge on any atom is -0.269 e. The summed E-state index contributed by atoms with van der Waals surface area (Å²) < 4.78 is 0. The Morgan fingerprint density at radius 3 is 1.34 bits per heavy atom. The third-order valence-electron chi connectivity index (χ3n) is 5.32. The van der Waals surface area contributed by atoms with Crippen LogP contribution in [0.3, 0.4) is 0 Å². The van der Waals surface area contributed by atoms with Gasteiger partial charge in [-0.25, -0.2) is 23.3 Å². The topological polar surface area (TPSA) is 0 Å². The van der Waals surface area contributed by atoms with Crippen molar-refractivity contribution in [1.82, 2.24) is 0 Å². The first kappa shape index (κ1) is 23.6. The quantitative estimate of drug-likeness (QED) is 0.389. The summed E-state index contributed by atoms with van der Waals surface area (Å²) in [5.74, 6) is 1.20. The average molecular weight is 458 g/mol. The van der Waals surface area contributed by atoms with Crippen LogP contribution in [0, 0.1) is 12.2 Å². The first-order valence-corrected chi connectivity index (χ1v) is 10.3. The molecule has 146 valence electrons. The molecular weight excluding hydrogens is 428 g/mol. The van der Waals surface area contributed by atoms with Gasteiger partial charge < -0.3 is 0 Å². The van der Waals surface area contributed by atoms with Crippen LogP contribution in [0.1, 0.15) is 62.5 Å². The predicted octanol–water partition coefficient (Wildman–Crippen LogP) is 7.74. The molecule has 2 aliphatic carbocycles. The van der Waals surface area contributed by atoms with Crippen LogP contribution in [0.2, 0.25) is 0 Å². The largest absolute Gasteiger partial charge is 2.00 e. The Morgan fingerprint density at radius 1 is 0.655 bits per heavy atom. The smallest absolute Gasteiger partial charge is 0.269 e. The van der Waals surface area contributed by atoms with Gasteiger partial charge in [-0.05, 0) is 23.0 Å². The molecule has 1 heteroatoms. The van der Waals surface area contributed by atoms with Crippen molar-refractivity contribution >= 4 is 0 Å². The van der Waals surface area contributed by atoms with Crippen molar-refractivity contribution in [3.05, 3.63) is 119 Å². The molecule has 0 saturated carbocycles. The minimum absolute atomic E-state index is 0. The van der Waals surface area contributed by atoms with Gasteiger partial charge >= 0.3 is 26.2 Å². The van der Waals surface area contributed by atoms with E-state index in [0.717, 1.165) is 25.7 Å². The molecule has 0 saturated heterocycles. The molecule has 0 spiro atoms. The molecule has 2 aromatic carbocycles. The maximum absolute atomic E-state index is 3.36. The first-order valence-electron chi connectivity index (χ1n) is 10.3. The van der Waals surface area contributed by atoms with Crippen LogP contribution in [0.15, 0.2) is 96.1 Å². The zero-order valence-corrected chi connectivity index (χ0v) is 20.0. The van der Waals surface area contributed by atoms with Crippen LogP contribution in [0.4, 0.5) is 0 Å². The molecule has 0 amide bonds. The molecule has 2 unspecified atom stereocenters. The van der Waals surface area contributed by atoms with Gasteiger partial charge in [-0.1, -0.05) is 87.4 Å². The fourth-order valence-electron chi connectivity index (χ4n) is 3.64. The van der Waals surface area contributed by atoms with Crippen molar-refractivity contribution in [3.8, 4) is 0 Å². The molecule has 2 atom stereocenters. The Bertz CT molecular complexity index is 767. The fourth-order valence-corrected chi connectivity index (χ4v) is 3.64. The second-order valence-corrected chi connectivity index (χ2v) is 7.65. The van der Waals surface area contributed by atoms with Crippen molar-refractivity contribution < 1.29 is 26.2 Å². The van der Waals surface area contributed by atoms with Gasteiger partial charge in [-0.2, -0.15) is 12.2 Å². The standard InChI is InChI=1S/2C14H15.Zr/c2*1-12(11-13-7-5-6-8-13)14-9-3-2-4-10-14;/h2*2-5,7,9-10,12H,6,11H2,1H3;/q2*-1;+2. The Labute approximate surface area is 196 Å². The van der Waals surface area contributed by atoms with Crippen molar-refractivity contribution in [1.29, 1.82) is 0 Å². The fraction of sp³-hybridized carbons (Fsp3) is 0.286. The summed E-state index contributed by atoms with van der Waals surface area (Å²) in [4.78, 5) is 0. The summed E-state index contributed by atoms with van der Waals surface area (Å²) in [6.45, 7) is 4.55. The van der Waals surface area contributed by atoms with Crippen LogP contribution in [0.25, 0.3) is 0 Å². The van der Waals surface area contributed by atoms with E-state index in [1.807, 2.05) is 0 Å². The van der Waals surface area contributed by atoms with Crippen molar-refractivity contribution in [2.45, 2.75) is 51.4 Å². The molecule has 0 heterocycles. The van der Waals surface area contributed by atoms with Crippen LogP contribution in [0.5, 0.6) is 0 Å². The molecule has 29 heavy (non-hydrogen) atoms. The Hall–Kier alpha value is -1.72. The van der Waals surface area contributed by atoms with Gasteiger partial charge in [0.05, 0.1) is 0 Å². The molecule has 2 aromatic rings. The Kier molecular flexibility index (Phi) is 10.4.